The molecule has 0 spiro atoms. The topological polar surface area (TPSA) is 54.9 Å². The fourth-order valence-electron chi connectivity index (χ4n) is 3.74. The molecular formula is C15H20ClN3O. The first-order chi connectivity index (χ1) is 9.72. The zero-order valence-corrected chi connectivity index (χ0v) is 12.3. The number of anilines is 1. The van der Waals surface area contributed by atoms with Crippen LogP contribution >= 0.6 is 11.6 Å². The van der Waals surface area contributed by atoms with Crippen molar-refractivity contribution in [3.63, 3.8) is 0 Å². The van der Waals surface area contributed by atoms with E-state index in [1.165, 1.54) is 44.5 Å². The molecule has 1 aromatic heterocycles. The number of fused-ring (bicyclic) bond motifs is 1. The highest BCUT2D eigenvalue weighted by atomic mass is 35.5. The van der Waals surface area contributed by atoms with Gasteiger partial charge in [-0.3, -0.25) is 9.78 Å². The molecule has 4 nitrogen and oxygen atoms in total. The molecule has 20 heavy (non-hydrogen) atoms. The van der Waals surface area contributed by atoms with Crippen LogP contribution in [-0.2, 0) is 4.79 Å². The molecule has 0 saturated heterocycles. The fourth-order valence-corrected chi connectivity index (χ4v) is 3.89. The van der Waals surface area contributed by atoms with Gasteiger partial charge >= 0.3 is 0 Å². The largest absolute Gasteiger partial charge is 0.309 e. The van der Waals surface area contributed by atoms with E-state index in [0.717, 1.165) is 24.7 Å². The Labute approximate surface area is 124 Å². The highest BCUT2D eigenvalue weighted by Crippen LogP contribution is 2.42. The van der Waals surface area contributed by atoms with Gasteiger partial charge in [0.15, 0.2) is 5.82 Å². The van der Waals surface area contributed by atoms with Gasteiger partial charge < -0.3 is 5.32 Å². The molecule has 0 aromatic carbocycles. The predicted octanol–water partition coefficient (Wildman–Crippen LogP) is 3.68. The van der Waals surface area contributed by atoms with Crippen LogP contribution in [0, 0.1) is 17.8 Å². The van der Waals surface area contributed by atoms with Gasteiger partial charge in [-0.15, -0.1) is 0 Å². The van der Waals surface area contributed by atoms with Crippen molar-refractivity contribution in [3.05, 3.63) is 17.5 Å². The Morgan fingerprint density at radius 2 is 1.95 bits per heavy atom. The summed E-state index contributed by atoms with van der Waals surface area (Å²) in [6, 6.07) is 0. The first kappa shape index (κ1) is 13.8. The lowest BCUT2D eigenvalue weighted by Gasteiger charge is -2.38. The van der Waals surface area contributed by atoms with E-state index in [4.69, 9.17) is 11.6 Å². The Balaban J connectivity index is 1.60. The van der Waals surface area contributed by atoms with Gasteiger partial charge in [-0.25, -0.2) is 4.98 Å². The molecule has 108 valence electrons. The standard InChI is InChI=1S/C15H20ClN3O/c16-13-8-17-9-14(18-13)19-15(20)12-6-5-10-3-1-2-4-11(10)7-12/h8-12H,1-7H2,(H,18,19,20). The minimum atomic E-state index is 0.0746. The molecule has 0 bridgehead atoms. The maximum absolute atomic E-state index is 12.3. The molecule has 1 heterocycles. The monoisotopic (exact) mass is 293 g/mol. The van der Waals surface area contributed by atoms with E-state index in [-0.39, 0.29) is 11.8 Å². The second kappa shape index (κ2) is 6.08. The lowest BCUT2D eigenvalue weighted by atomic mass is 9.67. The molecule has 2 fully saturated rings. The number of nitrogens with zero attached hydrogens (tertiary/aromatic N) is 2. The van der Waals surface area contributed by atoms with Crippen LogP contribution in [-0.4, -0.2) is 15.9 Å². The molecule has 3 rings (SSSR count). The summed E-state index contributed by atoms with van der Waals surface area (Å²) < 4.78 is 0. The quantitative estimate of drug-likeness (QED) is 0.905. The average molecular weight is 294 g/mol. The first-order valence-electron chi connectivity index (χ1n) is 7.51. The zero-order chi connectivity index (χ0) is 13.9. The van der Waals surface area contributed by atoms with Gasteiger partial charge in [-0.2, -0.15) is 0 Å². The minimum absolute atomic E-state index is 0.0746. The predicted molar refractivity (Wildman–Crippen MR) is 78.5 cm³/mol. The fraction of sp³-hybridized carbons (Fsp3) is 0.667. The van der Waals surface area contributed by atoms with Gasteiger partial charge in [0.25, 0.3) is 0 Å². The molecule has 2 aliphatic carbocycles. The number of carbonyl (C=O) groups is 1. The van der Waals surface area contributed by atoms with Gasteiger partial charge in [-0.05, 0) is 31.1 Å². The highest BCUT2D eigenvalue weighted by Gasteiger charge is 2.35. The van der Waals surface area contributed by atoms with Crippen LogP contribution in [0.5, 0.6) is 0 Å². The summed E-state index contributed by atoms with van der Waals surface area (Å²) >= 11 is 5.78. The van der Waals surface area contributed by atoms with Crippen molar-refractivity contribution in [2.75, 3.05) is 5.32 Å². The Morgan fingerprint density at radius 1 is 1.15 bits per heavy atom. The zero-order valence-electron chi connectivity index (χ0n) is 11.5. The van der Waals surface area contributed by atoms with Gasteiger partial charge in [0, 0.05) is 5.92 Å². The molecule has 3 unspecified atom stereocenters. The number of carbonyl (C=O) groups excluding carboxylic acids is 1. The van der Waals surface area contributed by atoms with Crippen molar-refractivity contribution < 1.29 is 4.79 Å². The summed E-state index contributed by atoms with van der Waals surface area (Å²) in [5, 5.41) is 3.16. The minimum Gasteiger partial charge on any atom is -0.309 e. The Kier molecular flexibility index (Phi) is 4.20. The lowest BCUT2D eigenvalue weighted by Crippen LogP contribution is -2.34. The van der Waals surface area contributed by atoms with Crippen molar-refractivity contribution >= 4 is 23.3 Å². The van der Waals surface area contributed by atoms with E-state index in [2.05, 4.69) is 15.3 Å². The molecular weight excluding hydrogens is 274 g/mol. The molecule has 1 N–H and O–H groups in total. The van der Waals surface area contributed by atoms with Crippen LogP contribution < -0.4 is 5.32 Å². The van der Waals surface area contributed by atoms with E-state index in [1.54, 1.807) is 0 Å². The summed E-state index contributed by atoms with van der Waals surface area (Å²) in [4.78, 5) is 20.3. The number of rotatable bonds is 2. The van der Waals surface area contributed by atoms with Crippen LogP contribution in [0.3, 0.4) is 0 Å². The SMILES string of the molecule is O=C(Nc1cncc(Cl)n1)C1CCC2CCCCC2C1. The summed E-state index contributed by atoms with van der Waals surface area (Å²) in [7, 11) is 0. The Morgan fingerprint density at radius 3 is 2.75 bits per heavy atom. The third-order valence-corrected chi connectivity index (χ3v) is 4.95. The number of hydrogen-bond donors (Lipinski definition) is 1. The average Bonchev–Trinajstić information content (AvgIpc) is 2.47. The third-order valence-electron chi connectivity index (χ3n) is 4.77. The molecule has 2 aliphatic rings. The van der Waals surface area contributed by atoms with Crippen LogP contribution in [0.15, 0.2) is 12.4 Å². The molecule has 0 aliphatic heterocycles. The van der Waals surface area contributed by atoms with Crippen molar-refractivity contribution in [2.24, 2.45) is 17.8 Å². The van der Waals surface area contributed by atoms with Crippen LogP contribution in [0.4, 0.5) is 5.82 Å². The van der Waals surface area contributed by atoms with Crippen LogP contribution in [0.2, 0.25) is 5.15 Å². The summed E-state index contributed by atoms with van der Waals surface area (Å²) in [6.45, 7) is 0. The maximum Gasteiger partial charge on any atom is 0.228 e. The van der Waals surface area contributed by atoms with Crippen molar-refractivity contribution in [3.8, 4) is 0 Å². The van der Waals surface area contributed by atoms with E-state index in [9.17, 15) is 4.79 Å². The van der Waals surface area contributed by atoms with E-state index < -0.39 is 0 Å². The normalized spacial score (nSPS) is 29.6. The summed E-state index contributed by atoms with van der Waals surface area (Å²) in [5.74, 6) is 2.26. The summed E-state index contributed by atoms with van der Waals surface area (Å²) in [6.07, 6.45) is 11.6. The van der Waals surface area contributed by atoms with Gasteiger partial charge in [0.1, 0.15) is 5.15 Å². The molecule has 0 radical (unpaired) electrons. The first-order valence-corrected chi connectivity index (χ1v) is 7.88. The molecule has 3 atom stereocenters. The van der Waals surface area contributed by atoms with Gasteiger partial charge in [0.05, 0.1) is 12.4 Å². The van der Waals surface area contributed by atoms with E-state index >= 15 is 0 Å². The Bertz CT molecular complexity index is 494. The second-order valence-corrected chi connectivity index (χ2v) is 6.42. The van der Waals surface area contributed by atoms with Crippen LogP contribution in [0.25, 0.3) is 0 Å². The number of nitrogens with one attached hydrogen (secondary N) is 1. The Hall–Kier alpha value is -1.16. The van der Waals surface area contributed by atoms with Crippen molar-refractivity contribution in [2.45, 2.75) is 44.9 Å². The molecule has 1 amide bonds. The van der Waals surface area contributed by atoms with E-state index in [1.807, 2.05) is 0 Å². The van der Waals surface area contributed by atoms with Crippen LogP contribution in [0.1, 0.15) is 44.9 Å². The van der Waals surface area contributed by atoms with Crippen molar-refractivity contribution in [1.82, 2.24) is 9.97 Å². The smallest absolute Gasteiger partial charge is 0.228 e. The molecule has 2 saturated carbocycles. The summed E-state index contributed by atoms with van der Waals surface area (Å²) in [5.41, 5.74) is 0. The van der Waals surface area contributed by atoms with Crippen molar-refractivity contribution in [1.29, 1.82) is 0 Å². The number of hydrogen-bond acceptors (Lipinski definition) is 3. The second-order valence-electron chi connectivity index (χ2n) is 6.03. The third kappa shape index (κ3) is 3.11. The number of halogens is 1. The maximum atomic E-state index is 12.3. The number of aromatic nitrogens is 2. The molecule has 5 heteroatoms. The molecule has 1 aromatic rings. The van der Waals surface area contributed by atoms with E-state index in [0.29, 0.717) is 11.0 Å². The van der Waals surface area contributed by atoms with Gasteiger partial charge in [0.2, 0.25) is 5.91 Å². The number of amides is 1. The highest BCUT2D eigenvalue weighted by molar-refractivity contribution is 6.29. The van der Waals surface area contributed by atoms with Gasteiger partial charge in [-0.1, -0.05) is 37.3 Å². The lowest BCUT2D eigenvalue weighted by molar-refractivity contribution is -0.122.